The van der Waals surface area contributed by atoms with E-state index in [1.54, 1.807) is 6.07 Å². The van der Waals surface area contributed by atoms with Crippen molar-refractivity contribution in [1.29, 1.82) is 0 Å². The molecule has 1 atom stereocenters. The number of benzene rings is 2. The summed E-state index contributed by atoms with van der Waals surface area (Å²) in [5.74, 6) is -0.766. The van der Waals surface area contributed by atoms with Gasteiger partial charge in [0.1, 0.15) is 5.82 Å². The highest BCUT2D eigenvalue weighted by Crippen LogP contribution is 2.39. The molecule has 1 amide bonds. The van der Waals surface area contributed by atoms with Crippen LogP contribution in [0.25, 0.3) is 0 Å². The van der Waals surface area contributed by atoms with E-state index in [-0.39, 0.29) is 23.2 Å². The summed E-state index contributed by atoms with van der Waals surface area (Å²) in [6.45, 7) is 2.61. The van der Waals surface area contributed by atoms with Crippen LogP contribution in [0.15, 0.2) is 48.5 Å². The summed E-state index contributed by atoms with van der Waals surface area (Å²) in [6.07, 6.45) is -0.925. The largest absolute Gasteiger partial charge is 0.416 e. The fraction of sp³-hybridized carbons (Fsp3) is 0.458. The van der Waals surface area contributed by atoms with Gasteiger partial charge < -0.3 is 10.1 Å². The minimum atomic E-state index is -4.32. The molecule has 2 aromatic rings. The van der Waals surface area contributed by atoms with E-state index in [9.17, 15) is 22.4 Å². The van der Waals surface area contributed by atoms with E-state index in [0.717, 1.165) is 56.5 Å². The molecule has 1 unspecified atom stereocenters. The van der Waals surface area contributed by atoms with E-state index in [1.807, 2.05) is 0 Å². The van der Waals surface area contributed by atoms with Gasteiger partial charge in [0.05, 0.1) is 17.3 Å². The quantitative estimate of drug-likeness (QED) is 0.667. The lowest BCUT2D eigenvalue weighted by Crippen LogP contribution is -2.44. The first-order chi connectivity index (χ1) is 15.2. The van der Waals surface area contributed by atoms with Crippen molar-refractivity contribution in [3.8, 4) is 0 Å². The van der Waals surface area contributed by atoms with Crippen LogP contribution in [0.4, 0.5) is 17.6 Å². The Bertz CT molecular complexity index is 938. The van der Waals surface area contributed by atoms with Gasteiger partial charge in [-0.15, -0.1) is 0 Å². The van der Waals surface area contributed by atoms with Gasteiger partial charge in [-0.3, -0.25) is 9.69 Å². The Hall–Kier alpha value is -2.45. The van der Waals surface area contributed by atoms with Crippen LogP contribution < -0.4 is 5.32 Å². The van der Waals surface area contributed by atoms with E-state index in [4.69, 9.17) is 4.74 Å². The molecule has 0 radical (unpaired) electrons. The highest BCUT2D eigenvalue weighted by Gasteiger charge is 2.42. The molecule has 0 aromatic heterocycles. The summed E-state index contributed by atoms with van der Waals surface area (Å²) in [7, 11) is 0. The van der Waals surface area contributed by atoms with E-state index in [1.165, 1.54) is 30.3 Å². The molecule has 0 bridgehead atoms. The number of likely N-dealkylation sites (tertiary alicyclic amines) is 1. The number of carbonyl (C=O) groups is 1. The summed E-state index contributed by atoms with van der Waals surface area (Å²) >= 11 is 0. The van der Waals surface area contributed by atoms with Crippen LogP contribution in [0.2, 0.25) is 0 Å². The predicted molar refractivity (Wildman–Crippen MR) is 112 cm³/mol. The van der Waals surface area contributed by atoms with Gasteiger partial charge in [0.25, 0.3) is 5.91 Å². The Labute approximate surface area is 184 Å². The Morgan fingerprint density at radius 1 is 1.09 bits per heavy atom. The van der Waals surface area contributed by atoms with Gasteiger partial charge in [-0.05, 0) is 61.6 Å². The fourth-order valence-electron chi connectivity index (χ4n) is 4.52. The lowest BCUT2D eigenvalue weighted by molar-refractivity contribution is -0.137. The number of halogens is 4. The molecule has 32 heavy (non-hydrogen) atoms. The number of hydrogen-bond donors (Lipinski definition) is 1. The second kappa shape index (κ2) is 9.19. The fourth-order valence-corrected chi connectivity index (χ4v) is 4.52. The van der Waals surface area contributed by atoms with E-state index in [2.05, 4.69) is 10.2 Å². The topological polar surface area (TPSA) is 41.6 Å². The number of rotatable bonds is 5. The molecule has 4 rings (SSSR count). The Kier molecular flexibility index (Phi) is 6.53. The van der Waals surface area contributed by atoms with Gasteiger partial charge >= 0.3 is 6.18 Å². The van der Waals surface area contributed by atoms with Crippen LogP contribution in [-0.2, 0) is 17.5 Å². The van der Waals surface area contributed by atoms with E-state index in [0.29, 0.717) is 13.1 Å². The van der Waals surface area contributed by atoms with Gasteiger partial charge in [0.15, 0.2) is 0 Å². The number of amides is 1. The SMILES string of the molecule is O=C(NCC1CCC2(CCN(Cc3ccc(C(F)(F)F)cc3)CC2)O1)c1cccc(F)c1. The third-order valence-electron chi connectivity index (χ3n) is 6.37. The van der Waals surface area contributed by atoms with Gasteiger partial charge in [-0.25, -0.2) is 4.39 Å². The van der Waals surface area contributed by atoms with Crippen molar-refractivity contribution in [2.45, 2.75) is 50.1 Å². The summed E-state index contributed by atoms with van der Waals surface area (Å²) in [5.41, 5.74) is 0.312. The van der Waals surface area contributed by atoms with Gasteiger partial charge in [0.2, 0.25) is 0 Å². The van der Waals surface area contributed by atoms with Crippen molar-refractivity contribution in [1.82, 2.24) is 10.2 Å². The summed E-state index contributed by atoms with van der Waals surface area (Å²) < 4.78 is 57.8. The Morgan fingerprint density at radius 2 is 1.81 bits per heavy atom. The van der Waals surface area contributed by atoms with Gasteiger partial charge in [-0.1, -0.05) is 18.2 Å². The molecule has 2 aromatic carbocycles. The monoisotopic (exact) mass is 450 g/mol. The highest BCUT2D eigenvalue weighted by molar-refractivity contribution is 5.94. The number of nitrogens with zero attached hydrogens (tertiary/aromatic N) is 1. The molecule has 0 saturated carbocycles. The first kappa shape index (κ1) is 22.7. The molecule has 2 aliphatic rings. The summed E-state index contributed by atoms with van der Waals surface area (Å²) in [6, 6.07) is 10.9. The van der Waals surface area contributed by atoms with Crippen LogP contribution in [-0.4, -0.2) is 42.1 Å². The smallest absolute Gasteiger partial charge is 0.370 e. The molecule has 4 nitrogen and oxygen atoms in total. The van der Waals surface area contributed by atoms with Crippen molar-refractivity contribution in [2.75, 3.05) is 19.6 Å². The predicted octanol–water partition coefficient (Wildman–Crippen LogP) is 4.79. The average molecular weight is 450 g/mol. The lowest BCUT2D eigenvalue weighted by Gasteiger charge is -2.39. The first-order valence-corrected chi connectivity index (χ1v) is 10.8. The highest BCUT2D eigenvalue weighted by atomic mass is 19.4. The zero-order valence-electron chi connectivity index (χ0n) is 17.6. The van der Waals surface area contributed by atoms with Crippen molar-refractivity contribution in [3.63, 3.8) is 0 Å². The number of piperidine rings is 1. The normalized spacial score (nSPS) is 21.1. The van der Waals surface area contributed by atoms with Crippen LogP contribution in [0, 0.1) is 5.82 Å². The molecule has 2 saturated heterocycles. The minimum Gasteiger partial charge on any atom is -0.370 e. The first-order valence-electron chi connectivity index (χ1n) is 10.8. The molecule has 2 aliphatic heterocycles. The van der Waals surface area contributed by atoms with Crippen molar-refractivity contribution in [3.05, 3.63) is 71.0 Å². The maximum absolute atomic E-state index is 13.3. The molecular weight excluding hydrogens is 424 g/mol. The minimum absolute atomic E-state index is 0.0750. The number of ether oxygens (including phenoxy) is 1. The lowest BCUT2D eigenvalue weighted by atomic mass is 9.88. The summed E-state index contributed by atoms with van der Waals surface area (Å²) in [5, 5.41) is 2.83. The van der Waals surface area contributed by atoms with Crippen LogP contribution in [0.3, 0.4) is 0 Å². The van der Waals surface area contributed by atoms with Gasteiger partial charge in [0, 0.05) is 31.7 Å². The zero-order chi connectivity index (χ0) is 22.8. The zero-order valence-corrected chi connectivity index (χ0v) is 17.6. The van der Waals surface area contributed by atoms with E-state index >= 15 is 0 Å². The molecule has 2 heterocycles. The maximum atomic E-state index is 13.3. The second-order valence-electron chi connectivity index (χ2n) is 8.65. The van der Waals surface area contributed by atoms with Crippen LogP contribution in [0.1, 0.15) is 47.2 Å². The van der Waals surface area contributed by atoms with Crippen molar-refractivity contribution < 1.29 is 27.1 Å². The van der Waals surface area contributed by atoms with Crippen LogP contribution in [0.5, 0.6) is 0 Å². The Balaban J connectivity index is 1.23. The third-order valence-corrected chi connectivity index (χ3v) is 6.37. The molecular formula is C24H26F4N2O2. The maximum Gasteiger partial charge on any atom is 0.416 e. The number of carbonyl (C=O) groups excluding carboxylic acids is 1. The standard InChI is InChI=1S/C24H26F4N2O2/c25-20-3-1-2-18(14-20)22(31)29-15-21-8-9-23(32-21)10-12-30(13-11-23)16-17-4-6-19(7-5-17)24(26,27)28/h1-7,14,21H,8-13,15-16H2,(H,29,31). The molecule has 1 N–H and O–H groups in total. The number of nitrogens with one attached hydrogen (secondary N) is 1. The van der Waals surface area contributed by atoms with Crippen molar-refractivity contribution >= 4 is 5.91 Å². The number of hydrogen-bond acceptors (Lipinski definition) is 3. The molecule has 1 spiro atoms. The third kappa shape index (κ3) is 5.48. The van der Waals surface area contributed by atoms with Crippen LogP contribution >= 0.6 is 0 Å². The summed E-state index contributed by atoms with van der Waals surface area (Å²) in [4.78, 5) is 14.4. The number of alkyl halides is 3. The molecule has 172 valence electrons. The van der Waals surface area contributed by atoms with E-state index < -0.39 is 17.6 Å². The second-order valence-corrected chi connectivity index (χ2v) is 8.65. The van der Waals surface area contributed by atoms with Gasteiger partial charge in [-0.2, -0.15) is 13.2 Å². The Morgan fingerprint density at radius 3 is 2.47 bits per heavy atom. The molecule has 0 aliphatic carbocycles. The molecule has 8 heteroatoms. The van der Waals surface area contributed by atoms with Crippen molar-refractivity contribution in [2.24, 2.45) is 0 Å². The molecule has 2 fully saturated rings. The average Bonchev–Trinajstić information content (AvgIpc) is 3.16.